The van der Waals surface area contributed by atoms with Gasteiger partial charge in [-0.1, -0.05) is 18.2 Å². The van der Waals surface area contributed by atoms with Crippen LogP contribution in [0.2, 0.25) is 0 Å². The SMILES string of the molecule is COC(=O)c1ccc[n+](CCC2COc3ccccc3C2)c1. The van der Waals surface area contributed by atoms with Gasteiger partial charge < -0.3 is 9.47 Å². The summed E-state index contributed by atoms with van der Waals surface area (Å²) in [4.78, 5) is 11.6. The van der Waals surface area contributed by atoms with Gasteiger partial charge in [-0.25, -0.2) is 9.36 Å². The van der Waals surface area contributed by atoms with Crippen molar-refractivity contribution < 1.29 is 18.8 Å². The molecule has 4 nitrogen and oxygen atoms in total. The predicted octanol–water partition coefficient (Wildman–Crippen LogP) is 2.40. The topological polar surface area (TPSA) is 39.4 Å². The molecule has 3 rings (SSSR count). The molecule has 22 heavy (non-hydrogen) atoms. The number of carbonyl (C=O) groups is 1. The molecular weight excluding hydrogens is 278 g/mol. The first kappa shape index (κ1) is 14.6. The quantitative estimate of drug-likeness (QED) is 0.643. The molecule has 114 valence electrons. The van der Waals surface area contributed by atoms with Crippen LogP contribution in [0.25, 0.3) is 0 Å². The summed E-state index contributed by atoms with van der Waals surface area (Å²) in [6.07, 6.45) is 5.88. The summed E-state index contributed by atoms with van der Waals surface area (Å²) < 4.78 is 12.6. The van der Waals surface area contributed by atoms with Crippen LogP contribution in [0, 0.1) is 5.92 Å². The minimum absolute atomic E-state index is 0.302. The van der Waals surface area contributed by atoms with Gasteiger partial charge >= 0.3 is 5.97 Å². The van der Waals surface area contributed by atoms with Crippen LogP contribution < -0.4 is 9.30 Å². The van der Waals surface area contributed by atoms with Crippen molar-refractivity contribution in [3.63, 3.8) is 0 Å². The maximum Gasteiger partial charge on any atom is 0.343 e. The molecule has 0 saturated carbocycles. The third kappa shape index (κ3) is 3.27. The molecule has 1 atom stereocenters. The van der Waals surface area contributed by atoms with Crippen molar-refractivity contribution in [3.05, 3.63) is 59.9 Å². The van der Waals surface area contributed by atoms with Crippen LogP contribution in [0.15, 0.2) is 48.8 Å². The molecule has 2 aromatic rings. The third-order valence-corrected chi connectivity index (χ3v) is 4.03. The van der Waals surface area contributed by atoms with E-state index >= 15 is 0 Å². The van der Waals surface area contributed by atoms with Crippen LogP contribution in [-0.2, 0) is 17.7 Å². The number of fused-ring (bicyclic) bond motifs is 1. The highest BCUT2D eigenvalue weighted by atomic mass is 16.5. The smallest absolute Gasteiger partial charge is 0.343 e. The molecule has 0 amide bonds. The summed E-state index contributed by atoms with van der Waals surface area (Å²) in [6.45, 7) is 1.62. The van der Waals surface area contributed by atoms with Gasteiger partial charge in [-0.05, 0) is 24.1 Å². The fourth-order valence-corrected chi connectivity index (χ4v) is 2.81. The fourth-order valence-electron chi connectivity index (χ4n) is 2.81. The average molecular weight is 298 g/mol. The van der Waals surface area contributed by atoms with Crippen LogP contribution in [-0.4, -0.2) is 19.7 Å². The largest absolute Gasteiger partial charge is 0.493 e. The molecule has 0 N–H and O–H groups in total. The number of nitrogens with zero attached hydrogens (tertiary/aromatic N) is 1. The van der Waals surface area contributed by atoms with Gasteiger partial charge in [0.1, 0.15) is 17.9 Å². The Balaban J connectivity index is 1.61. The summed E-state index contributed by atoms with van der Waals surface area (Å²) in [5.41, 5.74) is 1.86. The Kier molecular flexibility index (Phi) is 4.37. The van der Waals surface area contributed by atoms with Crippen LogP contribution in [0.4, 0.5) is 0 Å². The van der Waals surface area contributed by atoms with Crippen molar-refractivity contribution in [2.24, 2.45) is 5.92 Å². The molecule has 1 aromatic heterocycles. The number of ether oxygens (including phenoxy) is 2. The van der Waals surface area contributed by atoms with Crippen LogP contribution in [0.5, 0.6) is 5.75 Å². The van der Waals surface area contributed by atoms with Crippen molar-refractivity contribution in [1.29, 1.82) is 0 Å². The highest BCUT2D eigenvalue weighted by Gasteiger charge is 2.21. The highest BCUT2D eigenvalue weighted by Crippen LogP contribution is 2.28. The van der Waals surface area contributed by atoms with Crippen molar-refractivity contribution >= 4 is 5.97 Å². The van der Waals surface area contributed by atoms with Gasteiger partial charge in [0, 0.05) is 18.4 Å². The average Bonchev–Trinajstić information content (AvgIpc) is 2.59. The molecule has 1 unspecified atom stereocenters. The number of esters is 1. The minimum atomic E-state index is -0.302. The molecule has 0 aliphatic carbocycles. The normalized spacial score (nSPS) is 16.5. The summed E-state index contributed by atoms with van der Waals surface area (Å²) in [7, 11) is 1.40. The molecule has 1 aromatic carbocycles. The number of hydrogen-bond acceptors (Lipinski definition) is 3. The lowest BCUT2D eigenvalue weighted by Crippen LogP contribution is -2.36. The van der Waals surface area contributed by atoms with Gasteiger partial charge in [0.05, 0.1) is 13.7 Å². The zero-order valence-corrected chi connectivity index (χ0v) is 12.7. The second-order valence-electron chi connectivity index (χ2n) is 5.60. The number of hydrogen-bond donors (Lipinski definition) is 0. The van der Waals surface area contributed by atoms with Crippen molar-refractivity contribution in [1.82, 2.24) is 0 Å². The van der Waals surface area contributed by atoms with Crippen LogP contribution >= 0.6 is 0 Å². The van der Waals surface area contributed by atoms with Crippen molar-refractivity contribution in [3.8, 4) is 5.75 Å². The third-order valence-electron chi connectivity index (χ3n) is 4.03. The lowest BCUT2D eigenvalue weighted by Gasteiger charge is -2.24. The molecular formula is C18H20NO3+. The number of aryl methyl sites for hydroxylation is 1. The van der Waals surface area contributed by atoms with E-state index in [0.29, 0.717) is 11.5 Å². The Morgan fingerprint density at radius 2 is 2.18 bits per heavy atom. The van der Waals surface area contributed by atoms with E-state index in [1.54, 1.807) is 6.07 Å². The van der Waals surface area contributed by atoms with E-state index in [1.807, 2.05) is 35.2 Å². The predicted molar refractivity (Wildman–Crippen MR) is 81.7 cm³/mol. The zero-order chi connectivity index (χ0) is 15.4. The summed E-state index contributed by atoms with van der Waals surface area (Å²) in [5.74, 6) is 1.22. The second kappa shape index (κ2) is 6.60. The Hall–Kier alpha value is -2.36. The first-order valence-electron chi connectivity index (χ1n) is 7.54. The first-order chi connectivity index (χ1) is 10.8. The first-order valence-corrected chi connectivity index (χ1v) is 7.54. The zero-order valence-electron chi connectivity index (χ0n) is 12.7. The van der Waals surface area contributed by atoms with Gasteiger partial charge in [-0.3, -0.25) is 0 Å². The van der Waals surface area contributed by atoms with E-state index < -0.39 is 0 Å². The standard InChI is InChI=1S/C18H20NO3/c1-21-18(20)16-6-4-9-19(12-16)10-8-14-11-15-5-2-3-7-17(15)22-13-14/h2-7,9,12,14H,8,10-11,13H2,1H3/q+1. The van der Waals surface area contributed by atoms with Crippen LogP contribution in [0.1, 0.15) is 22.3 Å². The monoisotopic (exact) mass is 298 g/mol. The minimum Gasteiger partial charge on any atom is -0.493 e. The van der Waals surface area contributed by atoms with E-state index in [1.165, 1.54) is 12.7 Å². The van der Waals surface area contributed by atoms with Gasteiger partial charge in [0.25, 0.3) is 0 Å². The number of aromatic nitrogens is 1. The Labute approximate surface area is 130 Å². The van der Waals surface area contributed by atoms with E-state index in [2.05, 4.69) is 12.1 Å². The lowest BCUT2D eigenvalue weighted by molar-refractivity contribution is -0.698. The molecule has 0 fully saturated rings. The number of para-hydroxylation sites is 1. The fraction of sp³-hybridized carbons (Fsp3) is 0.333. The Bertz CT molecular complexity index is 669. The molecule has 1 aliphatic rings. The highest BCUT2D eigenvalue weighted by molar-refractivity contribution is 5.88. The number of carbonyl (C=O) groups excluding carboxylic acids is 1. The summed E-state index contributed by atoms with van der Waals surface area (Å²) in [5, 5.41) is 0. The maximum absolute atomic E-state index is 11.6. The van der Waals surface area contributed by atoms with E-state index in [9.17, 15) is 4.79 Å². The number of rotatable bonds is 4. The van der Waals surface area contributed by atoms with Gasteiger partial charge in [-0.15, -0.1) is 0 Å². The van der Waals surface area contributed by atoms with E-state index in [4.69, 9.17) is 9.47 Å². The molecule has 4 heteroatoms. The molecule has 0 radical (unpaired) electrons. The Morgan fingerprint density at radius 1 is 1.32 bits per heavy atom. The second-order valence-corrected chi connectivity index (χ2v) is 5.60. The van der Waals surface area contributed by atoms with E-state index in [-0.39, 0.29) is 5.97 Å². The number of pyridine rings is 1. The van der Waals surface area contributed by atoms with Gasteiger partial charge in [-0.2, -0.15) is 0 Å². The molecule has 0 spiro atoms. The summed E-state index contributed by atoms with van der Waals surface area (Å²) >= 11 is 0. The molecule has 0 saturated heterocycles. The maximum atomic E-state index is 11.6. The number of benzene rings is 1. The molecule has 2 heterocycles. The molecule has 1 aliphatic heterocycles. The Morgan fingerprint density at radius 3 is 3.05 bits per heavy atom. The van der Waals surface area contributed by atoms with Gasteiger partial charge in [0.15, 0.2) is 12.4 Å². The van der Waals surface area contributed by atoms with Crippen LogP contribution in [0.3, 0.4) is 0 Å². The lowest BCUT2D eigenvalue weighted by atomic mass is 9.94. The van der Waals surface area contributed by atoms with E-state index in [0.717, 1.165) is 31.7 Å². The van der Waals surface area contributed by atoms with Crippen molar-refractivity contribution in [2.45, 2.75) is 19.4 Å². The number of methoxy groups -OCH3 is 1. The summed E-state index contributed by atoms with van der Waals surface area (Å²) in [6, 6.07) is 11.9. The van der Waals surface area contributed by atoms with Crippen molar-refractivity contribution in [2.75, 3.05) is 13.7 Å². The molecule has 0 bridgehead atoms. The van der Waals surface area contributed by atoms with Gasteiger partial charge in [0.2, 0.25) is 0 Å².